The third kappa shape index (κ3) is 5.39. The van der Waals surface area contributed by atoms with Crippen LogP contribution in [0.5, 0.6) is 5.75 Å². The highest BCUT2D eigenvalue weighted by Gasteiger charge is 2.18. The van der Waals surface area contributed by atoms with Gasteiger partial charge in [-0.15, -0.1) is 17.9 Å². The van der Waals surface area contributed by atoms with E-state index in [0.717, 1.165) is 16.7 Å². The van der Waals surface area contributed by atoms with Crippen LogP contribution in [0, 0.1) is 0 Å². The van der Waals surface area contributed by atoms with Crippen LogP contribution in [0.1, 0.15) is 11.4 Å². The number of nitrogens with one attached hydrogen (secondary N) is 1. The Balaban J connectivity index is 1.56. The quantitative estimate of drug-likeness (QED) is 0.345. The molecule has 1 atom stereocenters. The predicted molar refractivity (Wildman–Crippen MR) is 134 cm³/mol. The van der Waals surface area contributed by atoms with E-state index in [1.54, 1.807) is 13.2 Å². The first-order valence-electron chi connectivity index (χ1n) is 10.8. The summed E-state index contributed by atoms with van der Waals surface area (Å²) < 4.78 is 5.47. The largest absolute Gasteiger partial charge is 0.496 e. The maximum atomic E-state index is 13.0. The zero-order valence-electron chi connectivity index (χ0n) is 18.5. The number of H-pyrrole nitrogens is 1. The standard InChI is InChI=1S/C26H27N3O3S/c1-3-13-29(15-19(30)14-18-9-5-4-6-10-18)16-23-27-25(31)24-21(17-33-26(24)28-23)20-11-7-8-12-22(20)32-2/h3-12,17,19,30H,1,13-16H2,2H3,(H,27,28,31)/t19-/m1/s1. The molecule has 2 aromatic heterocycles. The van der Waals surface area contributed by atoms with Crippen molar-refractivity contribution >= 4 is 21.6 Å². The Labute approximate surface area is 196 Å². The number of hydrogen-bond donors (Lipinski definition) is 2. The number of fused-ring (bicyclic) bond motifs is 1. The van der Waals surface area contributed by atoms with E-state index in [2.05, 4.69) is 11.6 Å². The van der Waals surface area contributed by atoms with Gasteiger partial charge in [0.15, 0.2) is 0 Å². The lowest BCUT2D eigenvalue weighted by Crippen LogP contribution is -2.34. The maximum Gasteiger partial charge on any atom is 0.260 e. The molecule has 0 bridgehead atoms. The van der Waals surface area contributed by atoms with Gasteiger partial charge in [-0.3, -0.25) is 9.69 Å². The predicted octanol–water partition coefficient (Wildman–Crippen LogP) is 4.25. The zero-order valence-corrected chi connectivity index (χ0v) is 19.3. The number of nitrogens with zero attached hydrogens (tertiary/aromatic N) is 2. The van der Waals surface area contributed by atoms with Gasteiger partial charge in [-0.2, -0.15) is 0 Å². The summed E-state index contributed by atoms with van der Waals surface area (Å²) in [6.07, 6.45) is 1.81. The summed E-state index contributed by atoms with van der Waals surface area (Å²) in [7, 11) is 1.62. The van der Waals surface area contributed by atoms with Gasteiger partial charge in [-0.05, 0) is 18.1 Å². The van der Waals surface area contributed by atoms with E-state index in [-0.39, 0.29) is 5.56 Å². The van der Waals surface area contributed by atoms with Crippen LogP contribution in [0.4, 0.5) is 0 Å². The van der Waals surface area contributed by atoms with Crippen LogP contribution in [0.25, 0.3) is 21.3 Å². The van der Waals surface area contributed by atoms with Gasteiger partial charge in [0.25, 0.3) is 5.56 Å². The van der Waals surface area contributed by atoms with Crippen LogP contribution in [0.2, 0.25) is 0 Å². The highest BCUT2D eigenvalue weighted by atomic mass is 32.1. The molecule has 4 aromatic rings. The third-order valence-corrected chi connectivity index (χ3v) is 6.31. The molecule has 0 unspecified atom stereocenters. The third-order valence-electron chi connectivity index (χ3n) is 5.43. The minimum absolute atomic E-state index is 0.180. The van der Waals surface area contributed by atoms with Crippen molar-refractivity contribution in [3.05, 3.63) is 94.4 Å². The summed E-state index contributed by atoms with van der Waals surface area (Å²) in [5.41, 5.74) is 2.58. The van der Waals surface area contributed by atoms with Crippen LogP contribution in [-0.4, -0.2) is 46.3 Å². The molecule has 2 aromatic carbocycles. The van der Waals surface area contributed by atoms with Gasteiger partial charge in [-0.1, -0.05) is 54.6 Å². The first kappa shape index (κ1) is 22.9. The van der Waals surface area contributed by atoms with E-state index in [1.165, 1.54) is 11.3 Å². The first-order valence-corrected chi connectivity index (χ1v) is 11.7. The van der Waals surface area contributed by atoms with Crippen molar-refractivity contribution in [1.29, 1.82) is 0 Å². The summed E-state index contributed by atoms with van der Waals surface area (Å²) in [6, 6.07) is 17.5. The van der Waals surface area contributed by atoms with Crippen LogP contribution < -0.4 is 10.3 Å². The number of hydrogen-bond acceptors (Lipinski definition) is 6. The van der Waals surface area contributed by atoms with Crippen molar-refractivity contribution < 1.29 is 9.84 Å². The van der Waals surface area contributed by atoms with Crippen molar-refractivity contribution in [3.8, 4) is 16.9 Å². The van der Waals surface area contributed by atoms with Crippen LogP contribution in [0.15, 0.2) is 77.4 Å². The number of aromatic nitrogens is 2. The Morgan fingerprint density at radius 3 is 2.70 bits per heavy atom. The topological polar surface area (TPSA) is 78.5 Å². The Morgan fingerprint density at radius 1 is 1.18 bits per heavy atom. The molecular weight excluding hydrogens is 434 g/mol. The highest BCUT2D eigenvalue weighted by Crippen LogP contribution is 2.36. The molecule has 0 aliphatic carbocycles. The highest BCUT2D eigenvalue weighted by molar-refractivity contribution is 7.17. The molecule has 4 rings (SSSR count). The average molecular weight is 462 g/mol. The van der Waals surface area contributed by atoms with Gasteiger partial charge in [0.2, 0.25) is 0 Å². The molecular formula is C26H27N3O3S. The van der Waals surface area contributed by atoms with E-state index >= 15 is 0 Å². The minimum Gasteiger partial charge on any atom is -0.496 e. The lowest BCUT2D eigenvalue weighted by Gasteiger charge is -2.23. The van der Waals surface area contributed by atoms with Crippen molar-refractivity contribution in [3.63, 3.8) is 0 Å². The lowest BCUT2D eigenvalue weighted by molar-refractivity contribution is 0.114. The number of aliphatic hydroxyl groups is 1. The fourth-order valence-electron chi connectivity index (χ4n) is 3.98. The number of rotatable bonds is 10. The van der Waals surface area contributed by atoms with E-state index in [0.29, 0.717) is 47.8 Å². The number of methoxy groups -OCH3 is 1. The second kappa shape index (κ2) is 10.6. The number of aromatic amines is 1. The molecule has 0 spiro atoms. The van der Waals surface area contributed by atoms with E-state index in [9.17, 15) is 9.90 Å². The fourth-order valence-corrected chi connectivity index (χ4v) is 4.94. The SMILES string of the molecule is C=CCN(Cc1nc2scc(-c3ccccc3OC)c2c(=O)[nH]1)C[C@H](O)Cc1ccccc1. The van der Waals surface area contributed by atoms with Gasteiger partial charge in [-0.25, -0.2) is 4.98 Å². The van der Waals surface area contributed by atoms with E-state index in [1.807, 2.05) is 64.9 Å². The van der Waals surface area contributed by atoms with E-state index in [4.69, 9.17) is 9.72 Å². The molecule has 0 fully saturated rings. The van der Waals surface area contributed by atoms with Crippen LogP contribution in [-0.2, 0) is 13.0 Å². The van der Waals surface area contributed by atoms with Gasteiger partial charge in [0.05, 0.1) is 25.1 Å². The van der Waals surface area contributed by atoms with Crippen LogP contribution in [0.3, 0.4) is 0 Å². The smallest absolute Gasteiger partial charge is 0.260 e. The van der Waals surface area contributed by atoms with Gasteiger partial charge < -0.3 is 14.8 Å². The Kier molecular flexibility index (Phi) is 7.34. The molecule has 0 saturated carbocycles. The zero-order chi connectivity index (χ0) is 23.2. The fraction of sp³-hybridized carbons (Fsp3) is 0.231. The van der Waals surface area contributed by atoms with Crippen LogP contribution >= 0.6 is 11.3 Å². The second-order valence-electron chi connectivity index (χ2n) is 7.87. The minimum atomic E-state index is -0.540. The molecule has 2 heterocycles. The number of ether oxygens (including phenoxy) is 1. The number of benzene rings is 2. The van der Waals surface area contributed by atoms with Crippen molar-refractivity contribution in [2.75, 3.05) is 20.2 Å². The first-order chi connectivity index (χ1) is 16.1. The molecule has 6 nitrogen and oxygen atoms in total. The number of thiophene rings is 1. The summed E-state index contributed by atoms with van der Waals surface area (Å²) in [4.78, 5) is 23.4. The normalized spacial score (nSPS) is 12.2. The number of para-hydroxylation sites is 1. The number of aliphatic hydroxyl groups excluding tert-OH is 1. The van der Waals surface area contributed by atoms with E-state index < -0.39 is 6.10 Å². The molecule has 0 amide bonds. The second-order valence-corrected chi connectivity index (χ2v) is 8.73. The Hall–Kier alpha value is -3.26. The molecule has 0 aliphatic heterocycles. The van der Waals surface area contributed by atoms with Crippen molar-refractivity contribution in [2.24, 2.45) is 0 Å². The summed E-state index contributed by atoms with van der Waals surface area (Å²) in [6.45, 7) is 5.25. The summed E-state index contributed by atoms with van der Waals surface area (Å²) in [5.74, 6) is 1.28. The van der Waals surface area contributed by atoms with Gasteiger partial charge >= 0.3 is 0 Å². The lowest BCUT2D eigenvalue weighted by atomic mass is 10.1. The molecule has 0 radical (unpaired) electrons. The summed E-state index contributed by atoms with van der Waals surface area (Å²) in [5, 5.41) is 13.1. The Morgan fingerprint density at radius 2 is 1.94 bits per heavy atom. The average Bonchev–Trinajstić information content (AvgIpc) is 3.24. The van der Waals surface area contributed by atoms with Crippen molar-refractivity contribution in [2.45, 2.75) is 19.1 Å². The van der Waals surface area contributed by atoms with Gasteiger partial charge in [0.1, 0.15) is 16.4 Å². The monoisotopic (exact) mass is 461 g/mol. The molecule has 7 heteroatoms. The molecule has 2 N–H and O–H groups in total. The molecule has 0 aliphatic rings. The van der Waals surface area contributed by atoms with Crippen molar-refractivity contribution in [1.82, 2.24) is 14.9 Å². The molecule has 33 heavy (non-hydrogen) atoms. The van der Waals surface area contributed by atoms with Gasteiger partial charge in [0, 0.05) is 29.6 Å². The Bertz CT molecular complexity index is 1280. The summed E-state index contributed by atoms with van der Waals surface area (Å²) >= 11 is 1.44. The molecule has 170 valence electrons. The molecule has 0 saturated heterocycles. The maximum absolute atomic E-state index is 13.0.